The van der Waals surface area contributed by atoms with Crippen LogP contribution in [0.2, 0.25) is 0 Å². The van der Waals surface area contributed by atoms with Crippen LogP contribution < -0.4 is 10.1 Å². The van der Waals surface area contributed by atoms with Gasteiger partial charge in [0.05, 0.1) is 25.7 Å². The van der Waals surface area contributed by atoms with Crippen LogP contribution in [0.5, 0.6) is 5.75 Å². The molecule has 1 aromatic rings. The monoisotopic (exact) mass is 261 g/mol. The minimum atomic E-state index is 0.109. The number of hydrogen-bond acceptors (Lipinski definition) is 3. The van der Waals surface area contributed by atoms with Crippen LogP contribution in [-0.2, 0) is 10.2 Å². The summed E-state index contributed by atoms with van der Waals surface area (Å²) < 4.78 is 11.2. The van der Waals surface area contributed by atoms with Crippen LogP contribution in [-0.4, -0.2) is 32.9 Å². The van der Waals surface area contributed by atoms with Gasteiger partial charge in [0.2, 0.25) is 0 Å². The average molecular weight is 261 g/mol. The number of benzene rings is 1. The molecule has 19 heavy (non-hydrogen) atoms. The van der Waals surface area contributed by atoms with Crippen molar-refractivity contribution >= 4 is 0 Å². The second kappa shape index (κ2) is 5.14. The first kappa shape index (κ1) is 12.9. The fourth-order valence-electron chi connectivity index (χ4n) is 3.40. The van der Waals surface area contributed by atoms with Gasteiger partial charge in [0.15, 0.2) is 0 Å². The number of methoxy groups -OCH3 is 1. The third-order valence-electron chi connectivity index (χ3n) is 4.59. The molecule has 0 amide bonds. The van der Waals surface area contributed by atoms with E-state index in [0.717, 1.165) is 25.5 Å². The standard InChI is InChI=1S/C16H23NO2/c1-12-6-7-14(18-2)13(9-12)16(10-19-11-16)15-5-3-4-8-17-15/h6-7,9,15,17H,3-5,8,10-11H2,1-2H3. The van der Waals surface area contributed by atoms with Crippen molar-refractivity contribution in [1.29, 1.82) is 0 Å². The Morgan fingerprint density at radius 2 is 2.16 bits per heavy atom. The molecule has 2 saturated heterocycles. The summed E-state index contributed by atoms with van der Waals surface area (Å²) in [6.07, 6.45) is 3.84. The highest BCUT2D eigenvalue weighted by atomic mass is 16.5. The summed E-state index contributed by atoms with van der Waals surface area (Å²) in [5.41, 5.74) is 2.72. The molecule has 2 fully saturated rings. The molecule has 0 spiro atoms. The predicted molar refractivity (Wildman–Crippen MR) is 75.9 cm³/mol. The maximum absolute atomic E-state index is 5.59. The first-order valence-electron chi connectivity index (χ1n) is 7.22. The lowest BCUT2D eigenvalue weighted by Gasteiger charge is -2.49. The molecule has 1 N–H and O–H groups in total. The molecule has 2 aliphatic heterocycles. The van der Waals surface area contributed by atoms with Crippen molar-refractivity contribution in [1.82, 2.24) is 5.32 Å². The molecule has 1 atom stereocenters. The predicted octanol–water partition coefficient (Wildman–Crippen LogP) is 2.41. The van der Waals surface area contributed by atoms with E-state index in [9.17, 15) is 0 Å². The molecule has 3 nitrogen and oxygen atoms in total. The molecule has 2 aliphatic rings. The molecule has 1 unspecified atom stereocenters. The normalized spacial score (nSPS) is 25.7. The summed E-state index contributed by atoms with van der Waals surface area (Å²) >= 11 is 0. The van der Waals surface area contributed by atoms with E-state index < -0.39 is 0 Å². The molecule has 0 saturated carbocycles. The van der Waals surface area contributed by atoms with Gasteiger partial charge in [-0.1, -0.05) is 24.1 Å². The Bertz CT molecular complexity index is 448. The average Bonchev–Trinajstić information content (AvgIpc) is 2.39. The Hall–Kier alpha value is -1.06. The van der Waals surface area contributed by atoms with Crippen molar-refractivity contribution in [3.8, 4) is 5.75 Å². The van der Waals surface area contributed by atoms with Crippen molar-refractivity contribution in [3.05, 3.63) is 29.3 Å². The summed E-state index contributed by atoms with van der Waals surface area (Å²) in [5, 5.41) is 3.70. The van der Waals surface area contributed by atoms with Crippen LogP contribution in [0, 0.1) is 6.92 Å². The van der Waals surface area contributed by atoms with Crippen molar-refractivity contribution in [2.24, 2.45) is 0 Å². The molecule has 0 radical (unpaired) electrons. The molecule has 0 aromatic heterocycles. The zero-order valence-corrected chi connectivity index (χ0v) is 11.9. The number of rotatable bonds is 3. The van der Waals surface area contributed by atoms with E-state index in [1.54, 1.807) is 7.11 Å². The Kier molecular flexibility index (Phi) is 3.50. The van der Waals surface area contributed by atoms with Gasteiger partial charge in [-0.2, -0.15) is 0 Å². The summed E-state index contributed by atoms with van der Waals surface area (Å²) in [4.78, 5) is 0. The molecular formula is C16H23NO2. The number of aryl methyl sites for hydroxylation is 1. The van der Waals surface area contributed by atoms with Crippen molar-refractivity contribution < 1.29 is 9.47 Å². The van der Waals surface area contributed by atoms with Gasteiger partial charge in [-0.3, -0.25) is 0 Å². The Morgan fingerprint density at radius 1 is 1.32 bits per heavy atom. The van der Waals surface area contributed by atoms with Gasteiger partial charge >= 0.3 is 0 Å². The lowest BCUT2D eigenvalue weighted by molar-refractivity contribution is -0.0835. The molecule has 0 bridgehead atoms. The van der Waals surface area contributed by atoms with Crippen molar-refractivity contribution in [3.63, 3.8) is 0 Å². The zero-order valence-electron chi connectivity index (χ0n) is 11.9. The van der Waals surface area contributed by atoms with Crippen LogP contribution in [0.25, 0.3) is 0 Å². The van der Waals surface area contributed by atoms with E-state index in [1.165, 1.54) is 30.4 Å². The van der Waals surface area contributed by atoms with Gasteiger partial charge < -0.3 is 14.8 Å². The molecule has 3 rings (SSSR count). The van der Waals surface area contributed by atoms with Crippen LogP contribution in [0.15, 0.2) is 18.2 Å². The van der Waals surface area contributed by atoms with E-state index in [1.807, 2.05) is 0 Å². The summed E-state index contributed by atoms with van der Waals surface area (Å²) in [6, 6.07) is 7.00. The third kappa shape index (κ3) is 2.15. The van der Waals surface area contributed by atoms with E-state index in [2.05, 4.69) is 30.4 Å². The summed E-state index contributed by atoms with van der Waals surface area (Å²) in [7, 11) is 1.76. The second-order valence-electron chi connectivity index (χ2n) is 5.86. The molecule has 2 heterocycles. The van der Waals surface area contributed by atoms with E-state index in [0.29, 0.717) is 6.04 Å². The number of piperidine rings is 1. The Labute approximate surface area is 115 Å². The maximum atomic E-state index is 5.59. The SMILES string of the molecule is COc1ccc(C)cc1C1(C2CCCCN2)COC1. The quantitative estimate of drug-likeness (QED) is 0.906. The first-order chi connectivity index (χ1) is 9.26. The van der Waals surface area contributed by atoms with Gasteiger partial charge in [0.1, 0.15) is 5.75 Å². The maximum Gasteiger partial charge on any atom is 0.122 e. The summed E-state index contributed by atoms with van der Waals surface area (Å²) in [5.74, 6) is 1.00. The smallest absolute Gasteiger partial charge is 0.122 e. The lowest BCUT2D eigenvalue weighted by Crippen LogP contribution is -2.61. The number of ether oxygens (including phenoxy) is 2. The van der Waals surface area contributed by atoms with Gasteiger partial charge in [-0.15, -0.1) is 0 Å². The van der Waals surface area contributed by atoms with Gasteiger partial charge in [-0.05, 0) is 32.4 Å². The Morgan fingerprint density at radius 3 is 2.74 bits per heavy atom. The molecular weight excluding hydrogens is 238 g/mol. The Balaban J connectivity index is 1.99. The lowest BCUT2D eigenvalue weighted by atomic mass is 9.69. The van der Waals surface area contributed by atoms with Gasteiger partial charge in [0, 0.05) is 11.6 Å². The number of hydrogen-bond donors (Lipinski definition) is 1. The van der Waals surface area contributed by atoms with E-state index >= 15 is 0 Å². The minimum absolute atomic E-state index is 0.109. The molecule has 0 aliphatic carbocycles. The van der Waals surface area contributed by atoms with Crippen LogP contribution in [0.3, 0.4) is 0 Å². The highest BCUT2D eigenvalue weighted by Gasteiger charge is 2.48. The fraction of sp³-hybridized carbons (Fsp3) is 0.625. The largest absolute Gasteiger partial charge is 0.496 e. The van der Waals surface area contributed by atoms with Crippen LogP contribution in [0.1, 0.15) is 30.4 Å². The molecule has 104 valence electrons. The molecule has 1 aromatic carbocycles. The van der Waals surface area contributed by atoms with Crippen molar-refractivity contribution in [2.75, 3.05) is 26.9 Å². The topological polar surface area (TPSA) is 30.5 Å². The van der Waals surface area contributed by atoms with Crippen LogP contribution in [0.4, 0.5) is 0 Å². The number of nitrogens with one attached hydrogen (secondary N) is 1. The zero-order chi connectivity index (χ0) is 13.3. The fourth-order valence-corrected chi connectivity index (χ4v) is 3.40. The van der Waals surface area contributed by atoms with Crippen molar-refractivity contribution in [2.45, 2.75) is 37.6 Å². The van der Waals surface area contributed by atoms with Crippen LogP contribution >= 0.6 is 0 Å². The third-order valence-corrected chi connectivity index (χ3v) is 4.59. The first-order valence-corrected chi connectivity index (χ1v) is 7.22. The molecule has 3 heteroatoms. The second-order valence-corrected chi connectivity index (χ2v) is 5.86. The van der Waals surface area contributed by atoms with E-state index in [4.69, 9.17) is 9.47 Å². The van der Waals surface area contributed by atoms with Gasteiger partial charge in [-0.25, -0.2) is 0 Å². The highest BCUT2D eigenvalue weighted by molar-refractivity contribution is 5.45. The summed E-state index contributed by atoms with van der Waals surface area (Å²) in [6.45, 7) is 4.89. The highest BCUT2D eigenvalue weighted by Crippen LogP contribution is 2.43. The minimum Gasteiger partial charge on any atom is -0.496 e. The van der Waals surface area contributed by atoms with Gasteiger partial charge in [0.25, 0.3) is 0 Å². The van der Waals surface area contributed by atoms with E-state index in [-0.39, 0.29) is 5.41 Å².